The Kier molecular flexibility index (Phi) is 5.57. The number of hydrogen-bond acceptors (Lipinski definition) is 4. The summed E-state index contributed by atoms with van der Waals surface area (Å²) in [6, 6.07) is -1.36. The average molecular weight is 271 g/mol. The van der Waals surface area contributed by atoms with Crippen molar-refractivity contribution in [2.45, 2.75) is 32.9 Å². The summed E-state index contributed by atoms with van der Waals surface area (Å²) in [5.74, 6) is -1.14. The predicted molar refractivity (Wildman–Crippen MR) is 68.4 cm³/mol. The SMILES string of the molecule is CCC(C)C(NC(=O)NCc1nccs1)C(=O)O. The lowest BCUT2D eigenvalue weighted by atomic mass is 9.99. The molecule has 0 aliphatic carbocycles. The van der Waals surface area contributed by atoms with Crippen LogP contribution in [0.2, 0.25) is 0 Å². The smallest absolute Gasteiger partial charge is 0.326 e. The van der Waals surface area contributed by atoms with Crippen molar-refractivity contribution in [3.63, 3.8) is 0 Å². The third kappa shape index (κ3) is 4.33. The molecule has 0 aliphatic rings. The van der Waals surface area contributed by atoms with Crippen LogP contribution in [0, 0.1) is 5.92 Å². The van der Waals surface area contributed by atoms with E-state index in [1.54, 1.807) is 13.1 Å². The second-order valence-electron chi connectivity index (χ2n) is 3.95. The summed E-state index contributed by atoms with van der Waals surface area (Å²) in [7, 11) is 0. The molecule has 18 heavy (non-hydrogen) atoms. The van der Waals surface area contributed by atoms with Gasteiger partial charge in [0.05, 0.1) is 6.54 Å². The minimum absolute atomic E-state index is 0.117. The maximum Gasteiger partial charge on any atom is 0.326 e. The molecule has 2 atom stereocenters. The van der Waals surface area contributed by atoms with Crippen molar-refractivity contribution in [3.05, 3.63) is 16.6 Å². The summed E-state index contributed by atoms with van der Waals surface area (Å²) in [5.41, 5.74) is 0. The van der Waals surface area contributed by atoms with E-state index in [0.29, 0.717) is 13.0 Å². The monoisotopic (exact) mass is 271 g/mol. The normalized spacial score (nSPS) is 13.7. The van der Waals surface area contributed by atoms with Crippen molar-refractivity contribution in [3.8, 4) is 0 Å². The lowest BCUT2D eigenvalue weighted by Gasteiger charge is -2.20. The number of rotatable bonds is 6. The van der Waals surface area contributed by atoms with Crippen LogP contribution in [0.25, 0.3) is 0 Å². The van der Waals surface area contributed by atoms with Gasteiger partial charge in [-0.2, -0.15) is 0 Å². The number of carbonyl (C=O) groups excluding carboxylic acids is 1. The number of carbonyl (C=O) groups is 2. The van der Waals surface area contributed by atoms with Gasteiger partial charge in [0.2, 0.25) is 0 Å². The molecule has 0 aliphatic heterocycles. The van der Waals surface area contributed by atoms with Gasteiger partial charge < -0.3 is 15.7 Å². The molecule has 2 unspecified atom stereocenters. The lowest BCUT2D eigenvalue weighted by molar-refractivity contribution is -0.140. The molecule has 100 valence electrons. The van der Waals surface area contributed by atoms with Gasteiger partial charge in [0.1, 0.15) is 11.0 Å². The minimum Gasteiger partial charge on any atom is -0.480 e. The van der Waals surface area contributed by atoms with Gasteiger partial charge in [-0.25, -0.2) is 14.6 Å². The summed E-state index contributed by atoms with van der Waals surface area (Å²) in [6.07, 6.45) is 2.34. The molecule has 0 bridgehead atoms. The molecule has 0 radical (unpaired) electrons. The molecule has 1 heterocycles. The van der Waals surface area contributed by atoms with E-state index < -0.39 is 18.0 Å². The van der Waals surface area contributed by atoms with Gasteiger partial charge in [0.25, 0.3) is 0 Å². The highest BCUT2D eigenvalue weighted by Crippen LogP contribution is 2.08. The summed E-state index contributed by atoms with van der Waals surface area (Å²) in [4.78, 5) is 26.6. The molecule has 3 N–H and O–H groups in total. The lowest BCUT2D eigenvalue weighted by Crippen LogP contribution is -2.48. The van der Waals surface area contributed by atoms with Crippen molar-refractivity contribution < 1.29 is 14.7 Å². The highest BCUT2D eigenvalue weighted by molar-refractivity contribution is 7.09. The Bertz CT molecular complexity index is 394. The van der Waals surface area contributed by atoms with Gasteiger partial charge in [0, 0.05) is 11.6 Å². The standard InChI is InChI=1S/C11H17N3O3S/c1-3-7(2)9(10(15)16)14-11(17)13-6-8-12-4-5-18-8/h4-5,7,9H,3,6H2,1-2H3,(H,15,16)(H2,13,14,17). The van der Waals surface area contributed by atoms with Crippen LogP contribution in [0.1, 0.15) is 25.3 Å². The minimum atomic E-state index is -1.02. The molecule has 1 aromatic rings. The van der Waals surface area contributed by atoms with Crippen LogP contribution in [-0.2, 0) is 11.3 Å². The number of amides is 2. The first-order chi connectivity index (χ1) is 8.54. The first-order valence-electron chi connectivity index (χ1n) is 5.70. The van der Waals surface area contributed by atoms with Crippen LogP contribution in [0.15, 0.2) is 11.6 Å². The highest BCUT2D eigenvalue weighted by Gasteiger charge is 2.25. The van der Waals surface area contributed by atoms with Crippen molar-refractivity contribution >= 4 is 23.3 Å². The molecular formula is C11H17N3O3S. The fourth-order valence-electron chi connectivity index (χ4n) is 1.37. The van der Waals surface area contributed by atoms with Gasteiger partial charge in [-0.1, -0.05) is 20.3 Å². The Morgan fingerprint density at radius 3 is 2.78 bits per heavy atom. The number of hydrogen-bond donors (Lipinski definition) is 3. The van der Waals surface area contributed by atoms with Gasteiger partial charge in [-0.15, -0.1) is 11.3 Å². The molecule has 0 aromatic carbocycles. The number of aliphatic carboxylic acids is 1. The van der Waals surface area contributed by atoms with Crippen LogP contribution >= 0.6 is 11.3 Å². The number of thiazole rings is 1. The molecule has 0 saturated heterocycles. The summed E-state index contributed by atoms with van der Waals surface area (Å²) in [5, 5.41) is 16.7. The first kappa shape index (κ1) is 14.4. The molecule has 1 rings (SSSR count). The van der Waals surface area contributed by atoms with E-state index in [4.69, 9.17) is 5.11 Å². The largest absolute Gasteiger partial charge is 0.480 e. The van der Waals surface area contributed by atoms with Crippen molar-refractivity contribution in [2.75, 3.05) is 0 Å². The highest BCUT2D eigenvalue weighted by atomic mass is 32.1. The predicted octanol–water partition coefficient (Wildman–Crippen LogP) is 1.44. The van der Waals surface area contributed by atoms with Crippen LogP contribution in [-0.4, -0.2) is 28.1 Å². The van der Waals surface area contributed by atoms with Crippen LogP contribution in [0.4, 0.5) is 4.79 Å². The van der Waals surface area contributed by atoms with E-state index in [-0.39, 0.29) is 5.92 Å². The maximum atomic E-state index is 11.6. The van der Waals surface area contributed by atoms with Crippen LogP contribution in [0.3, 0.4) is 0 Å². The number of carboxylic acids is 1. The van der Waals surface area contributed by atoms with Gasteiger partial charge >= 0.3 is 12.0 Å². The van der Waals surface area contributed by atoms with E-state index >= 15 is 0 Å². The number of nitrogens with one attached hydrogen (secondary N) is 2. The first-order valence-corrected chi connectivity index (χ1v) is 6.58. The Hall–Kier alpha value is -1.63. The zero-order valence-corrected chi connectivity index (χ0v) is 11.2. The van der Waals surface area contributed by atoms with E-state index in [9.17, 15) is 9.59 Å². The molecule has 6 nitrogen and oxygen atoms in total. The maximum absolute atomic E-state index is 11.6. The van der Waals surface area contributed by atoms with E-state index in [1.165, 1.54) is 11.3 Å². The fraction of sp³-hybridized carbons (Fsp3) is 0.545. The number of urea groups is 1. The van der Waals surface area contributed by atoms with Crippen LogP contribution < -0.4 is 10.6 Å². The third-order valence-corrected chi connectivity index (χ3v) is 3.43. The number of nitrogens with zero attached hydrogens (tertiary/aromatic N) is 1. The summed E-state index contributed by atoms with van der Waals surface area (Å²) >= 11 is 1.43. The quantitative estimate of drug-likeness (QED) is 0.730. The van der Waals surface area contributed by atoms with E-state index in [2.05, 4.69) is 15.6 Å². The number of aromatic nitrogens is 1. The zero-order chi connectivity index (χ0) is 13.5. The number of carboxylic acid groups (broad SMARTS) is 1. The molecular weight excluding hydrogens is 254 g/mol. The van der Waals surface area contributed by atoms with E-state index in [1.807, 2.05) is 12.3 Å². The molecule has 0 saturated carbocycles. The topological polar surface area (TPSA) is 91.3 Å². The molecule has 1 aromatic heterocycles. The zero-order valence-electron chi connectivity index (χ0n) is 10.3. The summed E-state index contributed by atoms with van der Waals surface area (Å²) in [6.45, 7) is 3.98. The molecule has 2 amide bonds. The average Bonchev–Trinajstić information content (AvgIpc) is 2.85. The Morgan fingerprint density at radius 1 is 1.56 bits per heavy atom. The Labute approximate surface area is 109 Å². The van der Waals surface area contributed by atoms with Crippen molar-refractivity contribution in [1.29, 1.82) is 0 Å². The van der Waals surface area contributed by atoms with Crippen molar-refractivity contribution in [1.82, 2.24) is 15.6 Å². The molecule has 0 fully saturated rings. The van der Waals surface area contributed by atoms with Gasteiger partial charge in [-0.05, 0) is 5.92 Å². The second-order valence-corrected chi connectivity index (χ2v) is 4.93. The van der Waals surface area contributed by atoms with Crippen molar-refractivity contribution in [2.24, 2.45) is 5.92 Å². The molecule has 0 spiro atoms. The summed E-state index contributed by atoms with van der Waals surface area (Å²) < 4.78 is 0. The van der Waals surface area contributed by atoms with Crippen LogP contribution in [0.5, 0.6) is 0 Å². The third-order valence-electron chi connectivity index (χ3n) is 2.65. The Morgan fingerprint density at radius 2 is 2.28 bits per heavy atom. The van der Waals surface area contributed by atoms with E-state index in [0.717, 1.165) is 5.01 Å². The Balaban J connectivity index is 2.44. The van der Waals surface area contributed by atoms with Gasteiger partial charge in [0.15, 0.2) is 0 Å². The molecule has 7 heteroatoms. The fourth-order valence-corrected chi connectivity index (χ4v) is 1.93. The van der Waals surface area contributed by atoms with Gasteiger partial charge in [-0.3, -0.25) is 0 Å². The second kappa shape index (κ2) is 6.95.